The van der Waals surface area contributed by atoms with Gasteiger partial charge in [0, 0.05) is 19.2 Å². The minimum Gasteiger partial charge on any atom is -0.378 e. The van der Waals surface area contributed by atoms with Crippen molar-refractivity contribution in [3.05, 3.63) is 33.9 Å². The second-order valence-corrected chi connectivity index (χ2v) is 4.72. The maximum Gasteiger partial charge on any atom is 0.293 e. The van der Waals surface area contributed by atoms with E-state index in [1.54, 1.807) is 12.1 Å². The van der Waals surface area contributed by atoms with Crippen LogP contribution in [0.1, 0.15) is 5.56 Å². The van der Waals surface area contributed by atoms with Crippen LogP contribution in [0.3, 0.4) is 0 Å². The first kappa shape index (κ1) is 15.2. The number of anilines is 1. The van der Waals surface area contributed by atoms with E-state index >= 15 is 0 Å². The third kappa shape index (κ3) is 3.45. The van der Waals surface area contributed by atoms with Crippen molar-refractivity contribution < 1.29 is 14.5 Å². The lowest BCUT2D eigenvalue weighted by Crippen LogP contribution is -2.51. The van der Waals surface area contributed by atoms with Crippen molar-refractivity contribution in [1.29, 1.82) is 0 Å². The van der Waals surface area contributed by atoms with Gasteiger partial charge in [0.05, 0.1) is 18.1 Å². The van der Waals surface area contributed by atoms with Crippen LogP contribution >= 0.6 is 0 Å². The molecular formula is C12H17N5O4. The van der Waals surface area contributed by atoms with E-state index in [1.165, 1.54) is 6.07 Å². The third-order valence-electron chi connectivity index (χ3n) is 3.37. The van der Waals surface area contributed by atoms with Crippen LogP contribution in [0.25, 0.3) is 0 Å². The lowest BCUT2D eigenvalue weighted by molar-refractivity contribution is -0.384. The Morgan fingerprint density at radius 2 is 2.33 bits per heavy atom. The monoisotopic (exact) mass is 295 g/mol. The van der Waals surface area contributed by atoms with Crippen LogP contribution in [-0.4, -0.2) is 41.5 Å². The predicted octanol–water partition coefficient (Wildman–Crippen LogP) is -0.433. The Labute approximate surface area is 121 Å². The molecule has 1 aliphatic heterocycles. The number of hydrogen-bond acceptors (Lipinski definition) is 7. The van der Waals surface area contributed by atoms with Crippen LogP contribution < -0.4 is 17.0 Å². The molecule has 1 heterocycles. The zero-order chi connectivity index (χ0) is 15.4. The molecule has 1 saturated heterocycles. The van der Waals surface area contributed by atoms with Crippen molar-refractivity contribution >= 4 is 17.3 Å². The number of nitro groups is 1. The standard InChI is InChI=1S/C12H17N5O4/c13-12(18)11-7-21-4-3-16(11)6-8-1-2-10(17(19)20)9(5-8)15-14/h1-2,5,11,15H,3-4,6-7,14H2,(H2,13,18). The van der Waals surface area contributed by atoms with Crippen molar-refractivity contribution in [2.45, 2.75) is 12.6 Å². The number of nitrogens with two attached hydrogens (primary N) is 2. The molecule has 0 aromatic heterocycles. The first-order chi connectivity index (χ1) is 10.0. The summed E-state index contributed by atoms with van der Waals surface area (Å²) in [5.74, 6) is 4.85. The first-order valence-corrected chi connectivity index (χ1v) is 6.38. The Morgan fingerprint density at radius 1 is 1.57 bits per heavy atom. The molecule has 1 unspecified atom stereocenters. The smallest absolute Gasteiger partial charge is 0.293 e. The molecule has 1 amide bonds. The fraction of sp³-hybridized carbons (Fsp3) is 0.417. The van der Waals surface area contributed by atoms with Crippen LogP contribution in [-0.2, 0) is 16.1 Å². The van der Waals surface area contributed by atoms with Crippen molar-refractivity contribution in [1.82, 2.24) is 4.90 Å². The number of nitrogen functional groups attached to an aromatic ring is 1. The van der Waals surface area contributed by atoms with Gasteiger partial charge in [-0.25, -0.2) is 0 Å². The molecule has 21 heavy (non-hydrogen) atoms. The second-order valence-electron chi connectivity index (χ2n) is 4.72. The minimum atomic E-state index is -0.514. The van der Waals surface area contributed by atoms with Gasteiger partial charge in [-0.1, -0.05) is 6.07 Å². The van der Waals surface area contributed by atoms with Crippen molar-refractivity contribution in [2.75, 3.05) is 25.2 Å². The highest BCUT2D eigenvalue weighted by atomic mass is 16.6. The van der Waals surface area contributed by atoms with Gasteiger partial charge in [0.25, 0.3) is 5.69 Å². The van der Waals surface area contributed by atoms with Gasteiger partial charge in [-0.05, 0) is 11.6 Å². The predicted molar refractivity (Wildman–Crippen MR) is 75.1 cm³/mol. The van der Waals surface area contributed by atoms with E-state index in [1.807, 2.05) is 4.90 Å². The number of nitro benzene ring substituents is 1. The molecule has 2 rings (SSSR count). The number of carbonyl (C=O) groups excluding carboxylic acids is 1. The number of hydrogen-bond donors (Lipinski definition) is 3. The third-order valence-corrected chi connectivity index (χ3v) is 3.37. The van der Waals surface area contributed by atoms with Gasteiger partial charge in [0.2, 0.25) is 5.91 Å². The summed E-state index contributed by atoms with van der Waals surface area (Å²) in [7, 11) is 0. The summed E-state index contributed by atoms with van der Waals surface area (Å²) in [6.45, 7) is 1.77. The Morgan fingerprint density at radius 3 is 2.95 bits per heavy atom. The average molecular weight is 295 g/mol. The van der Waals surface area contributed by atoms with Crippen molar-refractivity contribution in [3.63, 3.8) is 0 Å². The number of nitrogens with one attached hydrogen (secondary N) is 1. The van der Waals surface area contributed by atoms with Crippen LogP contribution in [0.15, 0.2) is 18.2 Å². The van der Waals surface area contributed by atoms with Crippen LogP contribution in [0.2, 0.25) is 0 Å². The summed E-state index contributed by atoms with van der Waals surface area (Å²) in [6.07, 6.45) is 0. The molecule has 9 heteroatoms. The Bertz CT molecular complexity index is 550. The first-order valence-electron chi connectivity index (χ1n) is 6.38. The lowest BCUT2D eigenvalue weighted by Gasteiger charge is -2.33. The normalized spacial score (nSPS) is 19.2. The molecule has 114 valence electrons. The van der Waals surface area contributed by atoms with Gasteiger partial charge in [-0.2, -0.15) is 0 Å². The molecule has 1 aromatic carbocycles. The van der Waals surface area contributed by atoms with E-state index in [2.05, 4.69) is 5.43 Å². The van der Waals surface area contributed by atoms with Crippen LogP contribution in [0.4, 0.5) is 11.4 Å². The molecule has 1 aromatic rings. The number of primary amides is 1. The SMILES string of the molecule is NNc1cc(CN2CCOCC2C(N)=O)ccc1[N+](=O)[O-]. The number of hydrazine groups is 1. The van der Waals surface area contributed by atoms with Gasteiger partial charge in [0.1, 0.15) is 11.7 Å². The summed E-state index contributed by atoms with van der Waals surface area (Å²) in [5, 5.41) is 10.8. The molecule has 1 fully saturated rings. The molecule has 5 N–H and O–H groups in total. The van der Waals surface area contributed by atoms with Crippen LogP contribution in [0, 0.1) is 10.1 Å². The highest BCUT2D eigenvalue weighted by Gasteiger charge is 2.28. The Hall–Kier alpha value is -2.23. The topological polar surface area (TPSA) is 137 Å². The van der Waals surface area contributed by atoms with E-state index in [4.69, 9.17) is 16.3 Å². The molecule has 0 bridgehead atoms. The summed E-state index contributed by atoms with van der Waals surface area (Å²) < 4.78 is 5.24. The maximum absolute atomic E-state index is 11.4. The van der Waals surface area contributed by atoms with E-state index in [0.717, 1.165) is 5.56 Å². The summed E-state index contributed by atoms with van der Waals surface area (Å²) in [6, 6.07) is 4.10. The quantitative estimate of drug-likeness (QED) is 0.380. The Balaban J connectivity index is 2.18. The zero-order valence-corrected chi connectivity index (χ0v) is 11.3. The number of rotatable bonds is 5. The Kier molecular flexibility index (Phi) is 4.68. The number of carbonyl (C=O) groups is 1. The van der Waals surface area contributed by atoms with Crippen molar-refractivity contribution in [2.24, 2.45) is 11.6 Å². The number of nitrogens with zero attached hydrogens (tertiary/aromatic N) is 2. The number of ether oxygens (including phenoxy) is 1. The zero-order valence-electron chi connectivity index (χ0n) is 11.3. The minimum absolute atomic E-state index is 0.102. The van der Waals surface area contributed by atoms with Gasteiger partial charge in [0.15, 0.2) is 0 Å². The number of benzene rings is 1. The van der Waals surface area contributed by atoms with Gasteiger partial charge in [-0.15, -0.1) is 0 Å². The maximum atomic E-state index is 11.4. The molecule has 1 aliphatic rings. The molecule has 0 saturated carbocycles. The summed E-state index contributed by atoms with van der Waals surface area (Å²) in [4.78, 5) is 23.6. The van der Waals surface area contributed by atoms with Gasteiger partial charge >= 0.3 is 0 Å². The summed E-state index contributed by atoms with van der Waals surface area (Å²) in [5.41, 5.74) is 8.58. The van der Waals surface area contributed by atoms with Crippen molar-refractivity contribution in [3.8, 4) is 0 Å². The van der Waals surface area contributed by atoms with E-state index in [9.17, 15) is 14.9 Å². The number of morpholine rings is 1. The molecule has 9 nitrogen and oxygen atoms in total. The van der Waals surface area contributed by atoms with E-state index in [0.29, 0.717) is 19.7 Å². The second kappa shape index (κ2) is 6.48. The van der Waals surface area contributed by atoms with Gasteiger partial charge in [-0.3, -0.25) is 25.7 Å². The molecular weight excluding hydrogens is 278 g/mol. The number of amides is 1. The van der Waals surface area contributed by atoms with E-state index < -0.39 is 16.9 Å². The average Bonchev–Trinajstić information content (AvgIpc) is 2.47. The molecule has 0 radical (unpaired) electrons. The fourth-order valence-corrected chi connectivity index (χ4v) is 2.28. The lowest BCUT2D eigenvalue weighted by atomic mass is 10.1. The molecule has 0 aliphatic carbocycles. The largest absolute Gasteiger partial charge is 0.378 e. The van der Waals surface area contributed by atoms with E-state index in [-0.39, 0.29) is 18.0 Å². The molecule has 1 atom stereocenters. The highest BCUT2D eigenvalue weighted by molar-refractivity contribution is 5.80. The van der Waals surface area contributed by atoms with Gasteiger partial charge < -0.3 is 15.9 Å². The fourth-order valence-electron chi connectivity index (χ4n) is 2.28. The molecule has 0 spiro atoms. The summed E-state index contributed by atoms with van der Waals surface area (Å²) >= 11 is 0. The van der Waals surface area contributed by atoms with Crippen LogP contribution in [0.5, 0.6) is 0 Å². The highest BCUT2D eigenvalue weighted by Crippen LogP contribution is 2.25.